The van der Waals surface area contributed by atoms with Gasteiger partial charge < -0.3 is 0 Å². The molecule has 0 aliphatic carbocycles. The molecule has 42 valence electrons. The van der Waals surface area contributed by atoms with Crippen LogP contribution < -0.4 is 0 Å². The van der Waals surface area contributed by atoms with Crippen molar-refractivity contribution in [2.24, 2.45) is 4.99 Å². The van der Waals surface area contributed by atoms with Crippen molar-refractivity contribution in [3.63, 3.8) is 0 Å². The fraction of sp³-hybridized carbons (Fsp3) is 0.200. The smallest absolute Gasteiger partial charge is 0.209 e. The van der Waals surface area contributed by atoms with Gasteiger partial charge in [0.25, 0.3) is 0 Å². The zero-order valence-corrected chi connectivity index (χ0v) is 4.10. The molecule has 0 N–H and O–H groups in total. The van der Waals surface area contributed by atoms with Crippen LogP contribution in [0, 0.1) is 0 Å². The van der Waals surface area contributed by atoms with Crippen LogP contribution in [-0.4, -0.2) is 12.0 Å². The molecule has 0 atom stereocenters. The Kier molecular flexibility index (Phi) is 1.20. The van der Waals surface area contributed by atoms with E-state index in [1.807, 2.05) is 0 Å². The molecule has 1 aliphatic heterocycles. The molecule has 0 amide bonds. The van der Waals surface area contributed by atoms with Crippen molar-refractivity contribution in [1.29, 1.82) is 0 Å². The van der Waals surface area contributed by atoms with E-state index in [9.17, 15) is 9.18 Å². The van der Waals surface area contributed by atoms with Gasteiger partial charge in [0.05, 0.1) is 6.21 Å². The number of hydrogen-bond donors (Lipinski definition) is 0. The van der Waals surface area contributed by atoms with Crippen LogP contribution in [0.25, 0.3) is 0 Å². The highest BCUT2D eigenvalue weighted by Crippen LogP contribution is 2.03. The maximum Gasteiger partial charge on any atom is 0.209 e. The zero-order chi connectivity index (χ0) is 5.98. The number of hydrogen-bond acceptors (Lipinski definition) is 2. The van der Waals surface area contributed by atoms with Crippen LogP contribution in [0.4, 0.5) is 4.39 Å². The van der Waals surface area contributed by atoms with Gasteiger partial charge >= 0.3 is 0 Å². The van der Waals surface area contributed by atoms with Gasteiger partial charge in [-0.3, -0.25) is 4.79 Å². The summed E-state index contributed by atoms with van der Waals surface area (Å²) in [6.07, 6.45) is 2.30. The van der Waals surface area contributed by atoms with Crippen molar-refractivity contribution in [2.45, 2.75) is 6.42 Å². The van der Waals surface area contributed by atoms with Gasteiger partial charge in [0.1, 0.15) is 0 Å². The zero-order valence-electron chi connectivity index (χ0n) is 4.10. The molecule has 0 saturated carbocycles. The minimum absolute atomic E-state index is 0.147. The third-order valence-electron chi connectivity index (χ3n) is 0.804. The van der Waals surface area contributed by atoms with E-state index >= 15 is 0 Å². The first-order chi connectivity index (χ1) is 3.79. The highest BCUT2D eigenvalue weighted by molar-refractivity contribution is 6.28. The van der Waals surface area contributed by atoms with Crippen LogP contribution in [0.3, 0.4) is 0 Å². The molecule has 0 unspecified atom stereocenters. The van der Waals surface area contributed by atoms with Gasteiger partial charge in [0.15, 0.2) is 5.78 Å². The van der Waals surface area contributed by atoms with E-state index in [2.05, 4.69) is 4.99 Å². The summed E-state index contributed by atoms with van der Waals surface area (Å²) in [5.74, 6) is -0.712. The van der Waals surface area contributed by atoms with Crippen molar-refractivity contribution in [3.8, 4) is 0 Å². The second-order valence-electron chi connectivity index (χ2n) is 1.46. The van der Waals surface area contributed by atoms with Gasteiger partial charge in [-0.05, 0) is 6.08 Å². The first kappa shape index (κ1) is 5.15. The fourth-order valence-corrected chi connectivity index (χ4v) is 0.424. The van der Waals surface area contributed by atoms with Crippen molar-refractivity contribution in [2.75, 3.05) is 0 Å². The number of halogens is 1. The van der Waals surface area contributed by atoms with E-state index in [-0.39, 0.29) is 12.2 Å². The third-order valence-corrected chi connectivity index (χ3v) is 0.804. The summed E-state index contributed by atoms with van der Waals surface area (Å²) in [5, 5.41) is 0. The summed E-state index contributed by atoms with van der Waals surface area (Å²) >= 11 is 0. The molecule has 0 bridgehead atoms. The summed E-state index contributed by atoms with van der Waals surface area (Å²) in [6.45, 7) is 0. The number of ketones is 1. The van der Waals surface area contributed by atoms with E-state index in [0.29, 0.717) is 0 Å². The van der Waals surface area contributed by atoms with Gasteiger partial charge in [0, 0.05) is 6.42 Å². The molecular weight excluding hydrogens is 109 g/mol. The van der Waals surface area contributed by atoms with Crippen molar-refractivity contribution >= 4 is 12.0 Å². The van der Waals surface area contributed by atoms with Gasteiger partial charge in [-0.25, -0.2) is 4.99 Å². The highest BCUT2D eigenvalue weighted by Gasteiger charge is 2.01. The number of aliphatic imine (C=N–C) groups is 1. The summed E-state index contributed by atoms with van der Waals surface area (Å²) in [4.78, 5) is 13.4. The normalized spacial score (nSPS) is 18.6. The lowest BCUT2D eigenvalue weighted by Gasteiger charge is -1.92. The minimum Gasteiger partial charge on any atom is -0.293 e. The lowest BCUT2D eigenvalue weighted by molar-refractivity contribution is -0.111. The van der Waals surface area contributed by atoms with Gasteiger partial charge in [-0.1, -0.05) is 0 Å². The predicted octanol–water partition coefficient (Wildman–Crippen LogP) is 0.841. The predicted molar refractivity (Wildman–Crippen MR) is 27.3 cm³/mol. The monoisotopic (exact) mass is 113 g/mol. The average Bonchev–Trinajstić information content (AvgIpc) is 1.77. The van der Waals surface area contributed by atoms with E-state index in [0.717, 1.165) is 12.3 Å². The van der Waals surface area contributed by atoms with Crippen molar-refractivity contribution in [3.05, 3.63) is 12.0 Å². The molecule has 2 nitrogen and oxygen atoms in total. The Morgan fingerprint density at radius 3 is 2.88 bits per heavy atom. The van der Waals surface area contributed by atoms with Crippen LogP contribution >= 0.6 is 0 Å². The average molecular weight is 113 g/mol. The Labute approximate surface area is 45.7 Å². The van der Waals surface area contributed by atoms with E-state index in [1.54, 1.807) is 0 Å². The maximum atomic E-state index is 11.9. The quantitative estimate of drug-likeness (QED) is 0.428. The molecule has 0 radical (unpaired) electrons. The second kappa shape index (κ2) is 1.86. The number of Topliss-reactive ketones (excluding diaryl/α,β-unsaturated/α-hetero) is 1. The molecule has 0 spiro atoms. The van der Waals surface area contributed by atoms with E-state index < -0.39 is 5.95 Å². The first-order valence-electron chi connectivity index (χ1n) is 2.21. The van der Waals surface area contributed by atoms with Crippen LogP contribution in [0.5, 0.6) is 0 Å². The van der Waals surface area contributed by atoms with Gasteiger partial charge in [0.2, 0.25) is 5.95 Å². The van der Waals surface area contributed by atoms with Crippen LogP contribution in [0.2, 0.25) is 0 Å². The Hall–Kier alpha value is -0.990. The summed E-state index contributed by atoms with van der Waals surface area (Å²) in [5.41, 5.74) is 0. The van der Waals surface area contributed by atoms with Gasteiger partial charge in [-0.15, -0.1) is 0 Å². The fourth-order valence-electron chi connectivity index (χ4n) is 0.424. The lowest BCUT2D eigenvalue weighted by atomic mass is 10.3. The Morgan fingerprint density at radius 2 is 2.50 bits per heavy atom. The summed E-state index contributed by atoms with van der Waals surface area (Å²) < 4.78 is 11.9. The Balaban J connectivity index is 2.71. The molecule has 0 aromatic heterocycles. The SMILES string of the molecule is O=C1C=NC(F)=CC1. The molecular formula is C5H4FNO. The van der Waals surface area contributed by atoms with Crippen LogP contribution in [0.15, 0.2) is 17.0 Å². The standard InChI is InChI=1S/C5H4FNO/c6-5-2-1-4(8)3-7-5/h2-3H,1H2. The van der Waals surface area contributed by atoms with Crippen LogP contribution in [0.1, 0.15) is 6.42 Å². The van der Waals surface area contributed by atoms with E-state index in [1.165, 1.54) is 0 Å². The molecule has 0 saturated heterocycles. The molecule has 3 heteroatoms. The number of carbonyl (C=O) groups is 1. The molecule has 8 heavy (non-hydrogen) atoms. The molecule has 0 aromatic carbocycles. The number of allylic oxidation sites excluding steroid dienone is 1. The molecule has 0 fully saturated rings. The van der Waals surface area contributed by atoms with Crippen molar-refractivity contribution < 1.29 is 9.18 Å². The molecule has 0 aromatic rings. The largest absolute Gasteiger partial charge is 0.293 e. The summed E-state index contributed by atoms with van der Waals surface area (Å²) in [6, 6.07) is 0. The lowest BCUT2D eigenvalue weighted by Crippen LogP contribution is -2.00. The molecule has 1 heterocycles. The van der Waals surface area contributed by atoms with E-state index in [4.69, 9.17) is 0 Å². The highest BCUT2D eigenvalue weighted by atomic mass is 19.1. The Bertz CT molecular complexity index is 169. The molecule has 1 rings (SSSR count). The number of carbonyl (C=O) groups excluding carboxylic acids is 1. The third kappa shape index (κ3) is 0.992. The van der Waals surface area contributed by atoms with Crippen LogP contribution in [-0.2, 0) is 4.79 Å². The molecule has 1 aliphatic rings. The number of nitrogens with zero attached hydrogens (tertiary/aromatic N) is 1. The maximum absolute atomic E-state index is 11.9. The van der Waals surface area contributed by atoms with Gasteiger partial charge in [-0.2, -0.15) is 4.39 Å². The Morgan fingerprint density at radius 1 is 1.75 bits per heavy atom. The number of rotatable bonds is 0. The summed E-state index contributed by atoms with van der Waals surface area (Å²) in [7, 11) is 0. The van der Waals surface area contributed by atoms with Crippen molar-refractivity contribution in [1.82, 2.24) is 0 Å². The second-order valence-corrected chi connectivity index (χ2v) is 1.46. The minimum atomic E-state index is -0.565. The topological polar surface area (TPSA) is 29.4 Å². The first-order valence-corrected chi connectivity index (χ1v) is 2.21.